The molecule has 1 aromatic heterocycles. The van der Waals surface area contributed by atoms with E-state index < -0.39 is 10.0 Å². The Balaban J connectivity index is 1.69. The number of aromatic nitrogens is 1. The van der Waals surface area contributed by atoms with E-state index in [0.717, 1.165) is 22.5 Å². The van der Waals surface area contributed by atoms with Crippen LogP contribution in [0.15, 0.2) is 83.2 Å². The molecule has 0 aliphatic rings. The van der Waals surface area contributed by atoms with Crippen molar-refractivity contribution in [3.05, 3.63) is 88.9 Å². The van der Waals surface area contributed by atoms with Gasteiger partial charge in [-0.05, 0) is 42.0 Å². The molecule has 3 aromatic carbocycles. The van der Waals surface area contributed by atoms with Crippen molar-refractivity contribution in [3.8, 4) is 28.7 Å². The quantitative estimate of drug-likeness (QED) is 0.379. The summed E-state index contributed by atoms with van der Waals surface area (Å²) < 4.78 is 33.6. The van der Waals surface area contributed by atoms with Crippen molar-refractivity contribution in [1.29, 1.82) is 5.26 Å². The summed E-state index contributed by atoms with van der Waals surface area (Å²) in [5.41, 5.74) is 1.72. The molecule has 4 aromatic rings. The molecule has 0 saturated heterocycles. The van der Waals surface area contributed by atoms with Gasteiger partial charge in [-0.15, -0.1) is 11.3 Å². The summed E-state index contributed by atoms with van der Waals surface area (Å²) in [6.45, 7) is 0. The third-order valence-corrected chi connectivity index (χ3v) is 6.67. The molecule has 1 heterocycles. The molecule has 1 N–H and O–H groups in total. The van der Waals surface area contributed by atoms with E-state index in [0.29, 0.717) is 10.8 Å². The number of nitrogens with zero attached hydrogens (tertiary/aromatic N) is 2. The molecule has 0 aliphatic carbocycles. The average molecular weight is 468 g/mol. The molecule has 0 bridgehead atoms. The van der Waals surface area contributed by atoms with Gasteiger partial charge in [-0.2, -0.15) is 5.26 Å². The smallest absolute Gasteiger partial charge is 0.263 e. The Morgan fingerprint density at radius 1 is 1.03 bits per heavy atom. The number of thiazole rings is 1. The maximum atomic E-state index is 12.6. The molecule has 0 radical (unpaired) electrons. The molecule has 4 rings (SSSR count). The van der Waals surface area contributed by atoms with Crippen LogP contribution in [-0.2, 0) is 10.0 Å². The van der Waals surface area contributed by atoms with Crippen LogP contribution in [-0.4, -0.2) is 13.4 Å². The molecule has 0 unspecified atom stereocenters. The molecular formula is C22H14ClN3O3S2. The van der Waals surface area contributed by atoms with E-state index in [9.17, 15) is 13.7 Å². The molecule has 0 fully saturated rings. The lowest BCUT2D eigenvalue weighted by atomic mass is 10.0. The number of ether oxygens (including phenoxy) is 1. The topological polar surface area (TPSA) is 92.1 Å². The number of hydrogen-bond acceptors (Lipinski definition) is 6. The van der Waals surface area contributed by atoms with Gasteiger partial charge in [0.1, 0.15) is 17.6 Å². The van der Waals surface area contributed by atoms with Crippen LogP contribution in [0, 0.1) is 11.3 Å². The zero-order valence-electron chi connectivity index (χ0n) is 15.8. The Morgan fingerprint density at radius 2 is 1.81 bits per heavy atom. The van der Waals surface area contributed by atoms with Crippen LogP contribution in [0.3, 0.4) is 0 Å². The lowest BCUT2D eigenvalue weighted by Gasteiger charge is -2.14. The molecule has 0 aliphatic heterocycles. The van der Waals surface area contributed by atoms with Gasteiger partial charge in [-0.3, -0.25) is 4.72 Å². The predicted octanol–water partition coefficient (Wildman–Crippen LogP) is 5.93. The van der Waals surface area contributed by atoms with E-state index >= 15 is 0 Å². The average Bonchev–Trinajstić information content (AvgIpc) is 3.28. The van der Waals surface area contributed by atoms with Crippen LogP contribution in [0.4, 0.5) is 5.13 Å². The molecule has 0 saturated carbocycles. The first-order valence-corrected chi connectivity index (χ1v) is 11.7. The van der Waals surface area contributed by atoms with E-state index in [-0.39, 0.29) is 21.3 Å². The highest BCUT2D eigenvalue weighted by molar-refractivity contribution is 7.93. The summed E-state index contributed by atoms with van der Waals surface area (Å²) in [6.07, 6.45) is 1.50. The van der Waals surface area contributed by atoms with Crippen LogP contribution in [0.25, 0.3) is 11.1 Å². The van der Waals surface area contributed by atoms with E-state index in [1.54, 1.807) is 23.6 Å². The van der Waals surface area contributed by atoms with Crippen molar-refractivity contribution >= 4 is 38.1 Å². The van der Waals surface area contributed by atoms with E-state index in [1.807, 2.05) is 36.4 Å². The monoisotopic (exact) mass is 467 g/mol. The lowest BCUT2D eigenvalue weighted by molar-refractivity contribution is 0.482. The SMILES string of the molecule is N#Cc1cc(S(=O)(=O)Nc2nccs2)ccc1Oc1ccc(Cl)cc1-c1ccccc1. The van der Waals surface area contributed by atoms with E-state index in [1.165, 1.54) is 24.4 Å². The van der Waals surface area contributed by atoms with Gasteiger partial charge >= 0.3 is 0 Å². The van der Waals surface area contributed by atoms with Gasteiger partial charge in [-0.25, -0.2) is 13.4 Å². The fourth-order valence-corrected chi connectivity index (χ4v) is 4.84. The minimum Gasteiger partial charge on any atom is -0.455 e. The fourth-order valence-electron chi connectivity index (χ4n) is 2.85. The molecule has 0 spiro atoms. The third-order valence-electron chi connectivity index (χ3n) is 4.28. The fraction of sp³-hybridized carbons (Fsp3) is 0. The zero-order chi connectivity index (χ0) is 21.8. The first-order chi connectivity index (χ1) is 15.0. The van der Waals surface area contributed by atoms with Crippen LogP contribution in [0.1, 0.15) is 5.56 Å². The highest BCUT2D eigenvalue weighted by Crippen LogP contribution is 2.37. The van der Waals surface area contributed by atoms with Crippen molar-refractivity contribution in [1.82, 2.24) is 4.98 Å². The maximum absolute atomic E-state index is 12.6. The van der Waals surface area contributed by atoms with E-state index in [4.69, 9.17) is 16.3 Å². The third kappa shape index (κ3) is 4.70. The molecule has 0 amide bonds. The van der Waals surface area contributed by atoms with Crippen LogP contribution in [0.5, 0.6) is 11.5 Å². The number of sulfonamides is 1. The number of anilines is 1. The summed E-state index contributed by atoms with van der Waals surface area (Å²) in [5.74, 6) is 0.721. The number of benzene rings is 3. The Morgan fingerprint density at radius 3 is 2.52 bits per heavy atom. The largest absolute Gasteiger partial charge is 0.455 e. The van der Waals surface area contributed by atoms with Crippen LogP contribution < -0.4 is 9.46 Å². The number of nitrogens with one attached hydrogen (secondary N) is 1. The summed E-state index contributed by atoms with van der Waals surface area (Å²) >= 11 is 7.33. The van der Waals surface area contributed by atoms with Gasteiger partial charge in [0.15, 0.2) is 5.13 Å². The second-order valence-electron chi connectivity index (χ2n) is 6.32. The zero-order valence-corrected chi connectivity index (χ0v) is 18.2. The molecule has 31 heavy (non-hydrogen) atoms. The van der Waals surface area contributed by atoms with Crippen molar-refractivity contribution < 1.29 is 13.2 Å². The van der Waals surface area contributed by atoms with Gasteiger partial charge in [0.25, 0.3) is 10.0 Å². The number of nitriles is 1. The minimum absolute atomic E-state index is 0.0639. The van der Waals surface area contributed by atoms with Gasteiger partial charge in [0, 0.05) is 22.2 Å². The number of rotatable bonds is 6. The maximum Gasteiger partial charge on any atom is 0.263 e. The van der Waals surface area contributed by atoms with Gasteiger partial charge in [0.2, 0.25) is 0 Å². The summed E-state index contributed by atoms with van der Waals surface area (Å²) in [6, 6.07) is 20.8. The van der Waals surface area contributed by atoms with Crippen molar-refractivity contribution in [2.75, 3.05) is 4.72 Å². The van der Waals surface area contributed by atoms with Crippen molar-refractivity contribution in [2.45, 2.75) is 4.90 Å². The Bertz CT molecular complexity index is 1370. The van der Waals surface area contributed by atoms with Gasteiger partial charge in [-0.1, -0.05) is 41.9 Å². The Labute approximate surface area is 188 Å². The second kappa shape index (κ2) is 8.78. The lowest BCUT2D eigenvalue weighted by Crippen LogP contribution is -2.13. The first-order valence-electron chi connectivity index (χ1n) is 8.95. The molecule has 0 atom stereocenters. The van der Waals surface area contributed by atoms with Crippen LogP contribution in [0.2, 0.25) is 5.02 Å². The summed E-state index contributed by atoms with van der Waals surface area (Å²) in [7, 11) is -3.89. The van der Waals surface area contributed by atoms with Gasteiger partial charge in [0.05, 0.1) is 10.5 Å². The normalized spacial score (nSPS) is 11.0. The van der Waals surface area contributed by atoms with Crippen LogP contribution >= 0.6 is 22.9 Å². The molecule has 9 heteroatoms. The number of halogens is 1. The summed E-state index contributed by atoms with van der Waals surface area (Å²) in [5, 5.41) is 12.0. The van der Waals surface area contributed by atoms with Crippen molar-refractivity contribution in [2.24, 2.45) is 0 Å². The highest BCUT2D eigenvalue weighted by Gasteiger charge is 2.19. The standard InChI is InChI=1S/C22H14ClN3O3S2/c23-17-6-8-21(19(13-17)15-4-2-1-3-5-15)29-20-9-7-18(12-16(20)14-24)31(27,28)26-22-25-10-11-30-22/h1-13H,(H,25,26). The minimum atomic E-state index is -3.89. The molecule has 6 nitrogen and oxygen atoms in total. The van der Waals surface area contributed by atoms with E-state index in [2.05, 4.69) is 9.71 Å². The Hall–Kier alpha value is -3.38. The second-order valence-corrected chi connectivity index (χ2v) is 9.33. The Kier molecular flexibility index (Phi) is 5.91. The van der Waals surface area contributed by atoms with Crippen molar-refractivity contribution in [3.63, 3.8) is 0 Å². The van der Waals surface area contributed by atoms with Gasteiger partial charge < -0.3 is 4.74 Å². The first kappa shape index (κ1) is 20.9. The highest BCUT2D eigenvalue weighted by atomic mass is 35.5. The number of hydrogen-bond donors (Lipinski definition) is 1. The molecular weight excluding hydrogens is 454 g/mol. The summed E-state index contributed by atoms with van der Waals surface area (Å²) in [4.78, 5) is 3.85. The molecule has 154 valence electrons. The predicted molar refractivity (Wildman–Crippen MR) is 121 cm³/mol.